The number of ether oxygens (including phenoxy) is 1. The smallest absolute Gasteiger partial charge is 0.264 e. The summed E-state index contributed by atoms with van der Waals surface area (Å²) in [6.07, 6.45) is 0.837. The van der Waals surface area contributed by atoms with Crippen molar-refractivity contribution in [1.82, 2.24) is 0 Å². The molecule has 3 aromatic rings. The summed E-state index contributed by atoms with van der Waals surface area (Å²) in [7, 11) is -2.41. The number of anilines is 2. The van der Waals surface area contributed by atoms with E-state index in [2.05, 4.69) is 5.32 Å². The predicted molar refractivity (Wildman–Crippen MR) is 118 cm³/mol. The molecule has 6 nitrogen and oxygen atoms in total. The highest BCUT2D eigenvalue weighted by molar-refractivity contribution is 7.92. The van der Waals surface area contributed by atoms with Crippen LogP contribution < -0.4 is 14.4 Å². The lowest BCUT2D eigenvalue weighted by Gasteiger charge is -2.24. The van der Waals surface area contributed by atoms with Crippen LogP contribution in [0, 0.1) is 0 Å². The van der Waals surface area contributed by atoms with Crippen molar-refractivity contribution >= 4 is 27.3 Å². The molecule has 0 bridgehead atoms. The van der Waals surface area contributed by atoms with Crippen molar-refractivity contribution in [2.75, 3.05) is 23.3 Å². The van der Waals surface area contributed by atoms with Crippen LogP contribution in [0.15, 0.2) is 83.8 Å². The fourth-order valence-corrected chi connectivity index (χ4v) is 4.43. The minimum absolute atomic E-state index is 0.113. The first kappa shape index (κ1) is 21.4. The number of benzene rings is 3. The number of hydrogen-bond acceptors (Lipinski definition) is 4. The van der Waals surface area contributed by atoms with Gasteiger partial charge in [0.2, 0.25) is 5.91 Å². The van der Waals surface area contributed by atoms with Crippen molar-refractivity contribution in [2.45, 2.75) is 18.2 Å². The molecule has 7 heteroatoms. The summed E-state index contributed by atoms with van der Waals surface area (Å²) in [5.74, 6) is 0.162. The number of rotatable bonds is 8. The molecular weight excluding hydrogens is 400 g/mol. The van der Waals surface area contributed by atoms with Gasteiger partial charge >= 0.3 is 0 Å². The number of nitrogens with zero attached hydrogens (tertiary/aromatic N) is 1. The van der Waals surface area contributed by atoms with Gasteiger partial charge in [0.15, 0.2) is 0 Å². The Hall–Kier alpha value is -3.32. The molecule has 3 rings (SSSR count). The molecule has 1 N–H and O–H groups in total. The van der Waals surface area contributed by atoms with Gasteiger partial charge in [-0.15, -0.1) is 0 Å². The molecule has 0 saturated carbocycles. The van der Waals surface area contributed by atoms with Crippen molar-refractivity contribution < 1.29 is 17.9 Å². The highest BCUT2D eigenvalue weighted by atomic mass is 32.2. The molecule has 0 aliphatic heterocycles. The molecule has 0 spiro atoms. The normalized spacial score (nSPS) is 11.0. The number of nitrogens with one attached hydrogen (secondary N) is 1. The maximum absolute atomic E-state index is 13.3. The summed E-state index contributed by atoms with van der Waals surface area (Å²) in [5, 5.41) is 2.79. The molecule has 0 aliphatic carbocycles. The molecule has 156 valence electrons. The lowest BCUT2D eigenvalue weighted by molar-refractivity contribution is -0.114. The van der Waals surface area contributed by atoms with E-state index in [0.29, 0.717) is 17.1 Å². The van der Waals surface area contributed by atoms with Gasteiger partial charge in [-0.3, -0.25) is 9.10 Å². The molecule has 30 heavy (non-hydrogen) atoms. The Kier molecular flexibility index (Phi) is 6.74. The number of amides is 1. The van der Waals surface area contributed by atoms with Crippen LogP contribution in [0.25, 0.3) is 0 Å². The first-order valence-electron chi connectivity index (χ1n) is 9.54. The lowest BCUT2D eigenvalue weighted by atomic mass is 10.1. The zero-order chi connectivity index (χ0) is 21.6. The number of aryl methyl sites for hydroxylation is 1. The van der Waals surface area contributed by atoms with Crippen LogP contribution in [0.1, 0.15) is 12.5 Å². The molecule has 0 heterocycles. The second-order valence-corrected chi connectivity index (χ2v) is 8.49. The fraction of sp³-hybridized carbons (Fsp3) is 0.174. The maximum atomic E-state index is 13.3. The second kappa shape index (κ2) is 9.45. The van der Waals surface area contributed by atoms with E-state index in [4.69, 9.17) is 4.74 Å². The summed E-state index contributed by atoms with van der Waals surface area (Å²) in [6.45, 7) is 1.67. The Morgan fingerprint density at radius 3 is 2.30 bits per heavy atom. The standard InChI is InChI=1S/C23H24N2O4S/c1-3-18-8-7-9-19(16-18)24-23(26)17-25(20-12-14-21(29-2)15-13-20)30(27,28)22-10-5-4-6-11-22/h4-16H,3,17H2,1-2H3,(H,24,26). The Balaban J connectivity index is 1.91. The van der Waals surface area contributed by atoms with Gasteiger partial charge in [-0.25, -0.2) is 8.42 Å². The SMILES string of the molecule is CCc1cccc(NC(=O)CN(c2ccc(OC)cc2)S(=O)(=O)c2ccccc2)c1. The van der Waals surface area contributed by atoms with Gasteiger partial charge in [0.05, 0.1) is 17.7 Å². The summed E-state index contributed by atoms with van der Waals surface area (Å²) in [5.41, 5.74) is 2.08. The largest absolute Gasteiger partial charge is 0.497 e. The van der Waals surface area contributed by atoms with E-state index in [1.165, 1.54) is 19.2 Å². The van der Waals surface area contributed by atoms with Crippen LogP contribution >= 0.6 is 0 Å². The van der Waals surface area contributed by atoms with Gasteiger partial charge in [-0.2, -0.15) is 0 Å². The summed E-state index contributed by atoms with van der Waals surface area (Å²) in [6, 6.07) is 22.1. The van der Waals surface area contributed by atoms with Crippen molar-refractivity contribution in [2.24, 2.45) is 0 Å². The second-order valence-electron chi connectivity index (χ2n) is 6.62. The van der Waals surface area contributed by atoms with Crippen LogP contribution in [0.4, 0.5) is 11.4 Å². The Morgan fingerprint density at radius 1 is 0.967 bits per heavy atom. The third-order valence-electron chi connectivity index (χ3n) is 4.60. The van der Waals surface area contributed by atoms with E-state index < -0.39 is 15.9 Å². The number of carbonyl (C=O) groups is 1. The topological polar surface area (TPSA) is 75.7 Å². The van der Waals surface area contributed by atoms with E-state index in [9.17, 15) is 13.2 Å². The maximum Gasteiger partial charge on any atom is 0.264 e. The highest BCUT2D eigenvalue weighted by Gasteiger charge is 2.27. The average molecular weight is 425 g/mol. The van der Waals surface area contributed by atoms with E-state index in [0.717, 1.165) is 16.3 Å². The van der Waals surface area contributed by atoms with Crippen molar-refractivity contribution in [3.05, 3.63) is 84.4 Å². The molecule has 0 saturated heterocycles. The van der Waals surface area contributed by atoms with Gasteiger partial charge in [0.1, 0.15) is 12.3 Å². The molecule has 0 fully saturated rings. The van der Waals surface area contributed by atoms with Gasteiger partial charge in [-0.05, 0) is 60.5 Å². The van der Waals surface area contributed by atoms with Crippen LogP contribution in [0.2, 0.25) is 0 Å². The van der Waals surface area contributed by atoms with E-state index >= 15 is 0 Å². The summed E-state index contributed by atoms with van der Waals surface area (Å²) in [4.78, 5) is 12.9. The number of carbonyl (C=O) groups excluding carboxylic acids is 1. The minimum atomic E-state index is -3.94. The first-order valence-corrected chi connectivity index (χ1v) is 11.0. The molecule has 1 amide bonds. The molecule has 0 aromatic heterocycles. The molecule has 0 aliphatic rings. The minimum Gasteiger partial charge on any atom is -0.497 e. The summed E-state index contributed by atoms with van der Waals surface area (Å²) >= 11 is 0. The van der Waals surface area contributed by atoms with Gasteiger partial charge in [0, 0.05) is 5.69 Å². The first-order chi connectivity index (χ1) is 14.4. The number of methoxy groups -OCH3 is 1. The molecule has 0 unspecified atom stereocenters. The van der Waals surface area contributed by atoms with Gasteiger partial charge < -0.3 is 10.1 Å². The van der Waals surface area contributed by atoms with E-state index in [1.807, 2.05) is 25.1 Å². The predicted octanol–water partition coefficient (Wildman–Crippen LogP) is 4.09. The third kappa shape index (κ3) is 4.99. The van der Waals surface area contributed by atoms with Crippen molar-refractivity contribution in [3.63, 3.8) is 0 Å². The highest BCUT2D eigenvalue weighted by Crippen LogP contribution is 2.26. The Bertz CT molecular complexity index is 1100. The van der Waals surface area contributed by atoms with Crippen LogP contribution in [-0.2, 0) is 21.2 Å². The fourth-order valence-electron chi connectivity index (χ4n) is 2.98. The van der Waals surface area contributed by atoms with Crippen molar-refractivity contribution in [3.8, 4) is 5.75 Å². The van der Waals surface area contributed by atoms with Crippen molar-refractivity contribution in [1.29, 1.82) is 0 Å². The quantitative estimate of drug-likeness (QED) is 0.591. The number of hydrogen-bond donors (Lipinski definition) is 1. The molecule has 3 aromatic carbocycles. The summed E-state index contributed by atoms with van der Waals surface area (Å²) < 4.78 is 32.8. The lowest BCUT2D eigenvalue weighted by Crippen LogP contribution is -2.38. The van der Waals surface area contributed by atoms with Crippen LogP contribution in [-0.4, -0.2) is 28.0 Å². The van der Waals surface area contributed by atoms with Crippen LogP contribution in [0.5, 0.6) is 5.75 Å². The zero-order valence-corrected chi connectivity index (χ0v) is 17.7. The Labute approximate surface area is 177 Å². The third-order valence-corrected chi connectivity index (χ3v) is 6.39. The monoisotopic (exact) mass is 424 g/mol. The average Bonchev–Trinajstić information content (AvgIpc) is 2.78. The molecular formula is C23H24N2O4S. The van der Waals surface area contributed by atoms with Crippen LogP contribution in [0.3, 0.4) is 0 Å². The molecule has 0 atom stereocenters. The number of sulfonamides is 1. The Morgan fingerprint density at radius 2 is 1.67 bits per heavy atom. The van der Waals surface area contributed by atoms with Gasteiger partial charge in [0.25, 0.3) is 10.0 Å². The van der Waals surface area contributed by atoms with E-state index in [1.54, 1.807) is 48.5 Å². The zero-order valence-electron chi connectivity index (χ0n) is 16.9. The molecule has 0 radical (unpaired) electrons. The van der Waals surface area contributed by atoms with E-state index in [-0.39, 0.29) is 11.4 Å². The van der Waals surface area contributed by atoms with Gasteiger partial charge in [-0.1, -0.05) is 37.3 Å².